The van der Waals surface area contributed by atoms with E-state index in [0.717, 1.165) is 0 Å². The number of halogens is 2. The number of carbonyl (C=O) groups is 2. The lowest BCUT2D eigenvalue weighted by Gasteiger charge is -2.07. The van der Waals surface area contributed by atoms with E-state index in [0.29, 0.717) is 10.6 Å². The number of nitrogens with zero attached hydrogens (tertiary/aromatic N) is 1. The Balaban J connectivity index is 2.34. The second kappa shape index (κ2) is 8.57. The van der Waals surface area contributed by atoms with E-state index in [1.54, 1.807) is 6.07 Å². The molecule has 26 heavy (non-hydrogen) atoms. The van der Waals surface area contributed by atoms with Crippen molar-refractivity contribution in [3.05, 3.63) is 79.3 Å². The largest absolute Gasteiger partial charge is 0.294 e. The van der Waals surface area contributed by atoms with Crippen LogP contribution in [0.5, 0.6) is 0 Å². The Morgan fingerprint density at radius 2 is 1.88 bits per heavy atom. The fourth-order valence-electron chi connectivity index (χ4n) is 2.16. The topological polar surface area (TPSA) is 115 Å². The van der Waals surface area contributed by atoms with Crippen molar-refractivity contribution in [3.63, 3.8) is 0 Å². The number of amides is 1. The number of nitrogens with one attached hydrogen (secondary N) is 1. The summed E-state index contributed by atoms with van der Waals surface area (Å²) < 4.78 is 0. The van der Waals surface area contributed by atoms with E-state index in [2.05, 4.69) is 0 Å². The van der Waals surface area contributed by atoms with Gasteiger partial charge in [-0.1, -0.05) is 35.3 Å². The van der Waals surface area contributed by atoms with E-state index in [9.17, 15) is 19.7 Å². The van der Waals surface area contributed by atoms with Gasteiger partial charge in [-0.25, -0.2) is 5.84 Å². The van der Waals surface area contributed by atoms with Crippen LogP contribution in [0.4, 0.5) is 5.69 Å². The number of nitrogens with two attached hydrogens (primary N) is 1. The molecule has 0 saturated carbocycles. The van der Waals surface area contributed by atoms with Crippen molar-refractivity contribution in [2.24, 2.45) is 5.84 Å². The molecule has 2 aromatic rings. The van der Waals surface area contributed by atoms with Crippen LogP contribution in [0.15, 0.2) is 48.0 Å². The number of hydrazine groups is 1. The molecule has 3 N–H and O–H groups in total. The number of rotatable bonds is 6. The minimum Gasteiger partial charge on any atom is -0.294 e. The number of benzene rings is 2. The molecule has 0 aromatic heterocycles. The third-order valence-corrected chi connectivity index (χ3v) is 4.18. The smallest absolute Gasteiger partial charge is 0.270 e. The van der Waals surface area contributed by atoms with E-state index in [1.165, 1.54) is 42.5 Å². The van der Waals surface area contributed by atoms with Gasteiger partial charge in [0.1, 0.15) is 0 Å². The zero-order chi connectivity index (χ0) is 19.3. The lowest BCUT2D eigenvalue weighted by atomic mass is 10.0. The highest BCUT2D eigenvalue weighted by Gasteiger charge is 2.16. The zero-order valence-electron chi connectivity index (χ0n) is 13.2. The zero-order valence-corrected chi connectivity index (χ0v) is 14.8. The fourth-order valence-corrected chi connectivity index (χ4v) is 2.46. The Morgan fingerprint density at radius 3 is 2.50 bits per heavy atom. The van der Waals surface area contributed by atoms with Crippen LogP contribution in [-0.4, -0.2) is 16.6 Å². The molecule has 134 valence electrons. The van der Waals surface area contributed by atoms with Crippen molar-refractivity contribution in [3.8, 4) is 0 Å². The van der Waals surface area contributed by atoms with Gasteiger partial charge in [0, 0.05) is 29.7 Å². The van der Waals surface area contributed by atoms with E-state index >= 15 is 0 Å². The molecule has 2 aromatic carbocycles. The fraction of sp³-hybridized carbons (Fsp3) is 0.0588. The standard InChI is InChI=1S/C17H13Cl2N3O4/c18-14-5-4-11(8-15(14)19)16(23)9-12(17(24)21-20)6-10-2-1-3-13(7-10)22(25)26/h1-8H,9,20H2,(H,21,24)/b12-6-. The molecule has 0 fully saturated rings. The molecule has 0 radical (unpaired) electrons. The third kappa shape index (κ3) is 4.89. The van der Waals surface area contributed by atoms with E-state index in [4.69, 9.17) is 29.0 Å². The van der Waals surface area contributed by atoms with Crippen LogP contribution in [0.1, 0.15) is 22.3 Å². The Morgan fingerprint density at radius 1 is 1.15 bits per heavy atom. The summed E-state index contributed by atoms with van der Waals surface area (Å²) in [4.78, 5) is 34.7. The lowest BCUT2D eigenvalue weighted by molar-refractivity contribution is -0.384. The highest BCUT2D eigenvalue weighted by molar-refractivity contribution is 6.42. The van der Waals surface area contributed by atoms with Gasteiger partial charge in [-0.15, -0.1) is 0 Å². The van der Waals surface area contributed by atoms with Crippen molar-refractivity contribution in [2.45, 2.75) is 6.42 Å². The molecule has 7 nitrogen and oxygen atoms in total. The van der Waals surface area contributed by atoms with Gasteiger partial charge in [-0.05, 0) is 29.8 Å². The summed E-state index contributed by atoms with van der Waals surface area (Å²) in [6.07, 6.45) is 1.09. The molecule has 0 aliphatic carbocycles. The SMILES string of the molecule is NNC(=O)/C(=C\c1cccc([N+](=O)[O-])c1)CC(=O)c1ccc(Cl)c(Cl)c1. The number of hydrogen-bond acceptors (Lipinski definition) is 5. The van der Waals surface area contributed by atoms with Gasteiger partial charge in [-0.3, -0.25) is 25.1 Å². The first kappa shape index (κ1) is 19.6. The van der Waals surface area contributed by atoms with Crippen LogP contribution in [0.3, 0.4) is 0 Å². The Labute approximate surface area is 158 Å². The van der Waals surface area contributed by atoms with E-state index in [-0.39, 0.29) is 34.1 Å². The summed E-state index contributed by atoms with van der Waals surface area (Å²) in [6, 6.07) is 10.0. The number of nitro benzene ring substituents is 1. The third-order valence-electron chi connectivity index (χ3n) is 3.44. The molecule has 0 bridgehead atoms. The van der Waals surface area contributed by atoms with Crippen LogP contribution in [0, 0.1) is 10.1 Å². The van der Waals surface area contributed by atoms with Crippen LogP contribution in [-0.2, 0) is 4.79 Å². The average Bonchev–Trinajstić information content (AvgIpc) is 2.62. The minimum absolute atomic E-state index is 0.0454. The maximum atomic E-state index is 12.4. The monoisotopic (exact) mass is 393 g/mol. The van der Waals surface area contributed by atoms with Crippen molar-refractivity contribution in [1.82, 2.24) is 5.43 Å². The first-order valence-electron chi connectivity index (χ1n) is 7.26. The Hall–Kier alpha value is -2.74. The molecule has 0 atom stereocenters. The average molecular weight is 394 g/mol. The predicted molar refractivity (Wildman–Crippen MR) is 98.8 cm³/mol. The summed E-state index contributed by atoms with van der Waals surface area (Å²) in [5.41, 5.74) is 2.53. The Bertz CT molecular complexity index is 913. The van der Waals surface area contributed by atoms with Crippen molar-refractivity contribution >= 4 is 46.7 Å². The normalized spacial score (nSPS) is 11.1. The first-order valence-corrected chi connectivity index (χ1v) is 8.01. The van der Waals surface area contributed by atoms with Crippen LogP contribution in [0.2, 0.25) is 10.0 Å². The van der Waals surface area contributed by atoms with Gasteiger partial charge < -0.3 is 0 Å². The van der Waals surface area contributed by atoms with Crippen LogP contribution < -0.4 is 11.3 Å². The summed E-state index contributed by atoms with van der Waals surface area (Å²) >= 11 is 11.7. The second-order valence-corrected chi connectivity index (χ2v) is 6.04. The molecule has 2 rings (SSSR count). The van der Waals surface area contributed by atoms with Gasteiger partial charge in [0.2, 0.25) is 0 Å². The molecule has 0 spiro atoms. The molecule has 0 heterocycles. The number of hydrogen-bond donors (Lipinski definition) is 2. The summed E-state index contributed by atoms with van der Waals surface area (Å²) in [7, 11) is 0. The summed E-state index contributed by atoms with van der Waals surface area (Å²) in [5.74, 6) is 4.10. The molecule has 0 unspecified atom stereocenters. The van der Waals surface area contributed by atoms with Crippen molar-refractivity contribution < 1.29 is 14.5 Å². The van der Waals surface area contributed by atoms with Gasteiger partial charge >= 0.3 is 0 Å². The quantitative estimate of drug-likeness (QED) is 0.194. The van der Waals surface area contributed by atoms with E-state index in [1.807, 2.05) is 5.43 Å². The maximum absolute atomic E-state index is 12.4. The molecule has 0 aliphatic rings. The highest BCUT2D eigenvalue weighted by atomic mass is 35.5. The van der Waals surface area contributed by atoms with Gasteiger partial charge in [0.05, 0.1) is 15.0 Å². The van der Waals surface area contributed by atoms with Crippen molar-refractivity contribution in [1.29, 1.82) is 0 Å². The second-order valence-electron chi connectivity index (χ2n) is 5.22. The number of nitro groups is 1. The summed E-state index contributed by atoms with van der Waals surface area (Å²) in [5, 5.41) is 11.4. The predicted octanol–water partition coefficient (Wildman–Crippen LogP) is 3.55. The van der Waals surface area contributed by atoms with E-state index < -0.39 is 10.8 Å². The molecule has 0 saturated heterocycles. The number of ketones is 1. The minimum atomic E-state index is -0.676. The number of carbonyl (C=O) groups excluding carboxylic acids is 2. The lowest BCUT2D eigenvalue weighted by Crippen LogP contribution is -2.32. The molecular formula is C17H13Cl2N3O4. The Kier molecular flexibility index (Phi) is 6.46. The van der Waals surface area contributed by atoms with Crippen LogP contribution >= 0.6 is 23.2 Å². The molecule has 1 amide bonds. The van der Waals surface area contributed by atoms with Gasteiger partial charge in [0.15, 0.2) is 5.78 Å². The molecule has 9 heteroatoms. The number of non-ortho nitro benzene ring substituents is 1. The first-order chi connectivity index (χ1) is 12.3. The highest BCUT2D eigenvalue weighted by Crippen LogP contribution is 2.24. The van der Waals surface area contributed by atoms with Gasteiger partial charge in [-0.2, -0.15) is 0 Å². The molecule has 0 aliphatic heterocycles. The summed E-state index contributed by atoms with van der Waals surface area (Å²) in [6.45, 7) is 0. The van der Waals surface area contributed by atoms with Crippen molar-refractivity contribution in [2.75, 3.05) is 0 Å². The van der Waals surface area contributed by atoms with Gasteiger partial charge in [0.25, 0.3) is 11.6 Å². The number of Topliss-reactive ketones (excluding diaryl/α,β-unsaturated/α-hetero) is 1. The van der Waals surface area contributed by atoms with Crippen LogP contribution in [0.25, 0.3) is 6.08 Å². The maximum Gasteiger partial charge on any atom is 0.270 e. The molecular weight excluding hydrogens is 381 g/mol.